The Labute approximate surface area is 238 Å². The monoisotopic (exact) mass is 598 g/mol. The number of carbonyl (C=O) groups is 1. The zero-order valence-electron chi connectivity index (χ0n) is 21.3. The number of ether oxygens (including phenoxy) is 1. The molecular weight excluding hydrogens is 581 g/mol. The van der Waals surface area contributed by atoms with Crippen LogP contribution in [0.4, 0.5) is 13.2 Å². The number of benzene rings is 2. The molecule has 0 unspecified atom stereocenters. The molecule has 0 saturated heterocycles. The highest BCUT2D eigenvalue weighted by Crippen LogP contribution is 2.39. The van der Waals surface area contributed by atoms with Gasteiger partial charge in [-0.2, -0.15) is 18.4 Å². The highest BCUT2D eigenvalue weighted by atomic mass is 35.5. The number of nitriles is 1. The first kappa shape index (κ1) is 28.1. The summed E-state index contributed by atoms with van der Waals surface area (Å²) in [4.78, 5) is 33.6. The second-order valence-corrected chi connectivity index (χ2v) is 10.4. The molecule has 3 heterocycles. The third-order valence-corrected chi connectivity index (χ3v) is 7.58. The van der Waals surface area contributed by atoms with Crippen molar-refractivity contribution in [1.29, 1.82) is 5.26 Å². The van der Waals surface area contributed by atoms with Crippen LogP contribution in [-0.2, 0) is 12.7 Å². The number of halogens is 4. The maximum absolute atomic E-state index is 13.3. The van der Waals surface area contributed by atoms with Crippen LogP contribution in [0.1, 0.15) is 32.3 Å². The Hall–Kier alpha value is -4.47. The third kappa shape index (κ3) is 5.21. The summed E-state index contributed by atoms with van der Waals surface area (Å²) in [6.07, 6.45) is -4.70. The van der Waals surface area contributed by atoms with Gasteiger partial charge in [0.1, 0.15) is 29.1 Å². The lowest BCUT2D eigenvalue weighted by molar-refractivity contribution is -0.137. The van der Waals surface area contributed by atoms with Crippen molar-refractivity contribution in [3.63, 3.8) is 0 Å². The van der Waals surface area contributed by atoms with Gasteiger partial charge in [0.25, 0.3) is 5.56 Å². The van der Waals surface area contributed by atoms with Gasteiger partial charge in [0, 0.05) is 27.0 Å². The van der Waals surface area contributed by atoms with E-state index in [2.05, 4.69) is 9.97 Å². The fourth-order valence-electron chi connectivity index (χ4n) is 4.58. The minimum Gasteiger partial charge on any atom is -0.491 e. The molecule has 0 radical (unpaired) electrons. The summed E-state index contributed by atoms with van der Waals surface area (Å²) in [6.45, 7) is 3.16. The molecule has 0 saturated carbocycles. The van der Waals surface area contributed by atoms with Gasteiger partial charge in [0.05, 0.1) is 34.1 Å². The molecule has 0 aliphatic heterocycles. The van der Waals surface area contributed by atoms with Gasteiger partial charge in [-0.05, 0) is 55.8 Å². The van der Waals surface area contributed by atoms with Crippen molar-refractivity contribution in [2.75, 3.05) is 6.61 Å². The van der Waals surface area contributed by atoms with Crippen LogP contribution in [-0.4, -0.2) is 32.2 Å². The molecule has 5 rings (SSSR count). The van der Waals surface area contributed by atoms with E-state index in [4.69, 9.17) is 16.3 Å². The van der Waals surface area contributed by atoms with Gasteiger partial charge in [-0.25, -0.2) is 9.78 Å². The van der Waals surface area contributed by atoms with Crippen molar-refractivity contribution in [3.8, 4) is 22.9 Å². The number of aryl methyl sites for hydroxylation is 2. The number of thiophene rings is 1. The van der Waals surface area contributed by atoms with Gasteiger partial charge in [-0.1, -0.05) is 11.6 Å². The van der Waals surface area contributed by atoms with Crippen molar-refractivity contribution in [1.82, 2.24) is 14.5 Å². The highest BCUT2D eigenvalue weighted by molar-refractivity contribution is 7.13. The summed E-state index contributed by atoms with van der Waals surface area (Å²) in [7, 11) is 0. The molecule has 0 spiro atoms. The van der Waals surface area contributed by atoms with Crippen LogP contribution in [0.2, 0.25) is 5.02 Å². The van der Waals surface area contributed by atoms with Crippen molar-refractivity contribution >= 4 is 50.7 Å². The molecular formula is C28H18ClF3N4O4S. The second kappa shape index (κ2) is 10.5. The van der Waals surface area contributed by atoms with Crippen molar-refractivity contribution in [2.45, 2.75) is 26.6 Å². The van der Waals surface area contributed by atoms with E-state index in [1.54, 1.807) is 42.6 Å². The first-order valence-electron chi connectivity index (χ1n) is 12.0. The summed E-state index contributed by atoms with van der Waals surface area (Å²) in [5.74, 6) is -0.538. The smallest absolute Gasteiger partial charge is 0.416 e. The van der Waals surface area contributed by atoms with Crippen LogP contribution in [0.5, 0.6) is 5.75 Å². The summed E-state index contributed by atoms with van der Waals surface area (Å²) in [5, 5.41) is 21.5. The first-order chi connectivity index (χ1) is 19.4. The van der Waals surface area contributed by atoms with Crippen molar-refractivity contribution < 1.29 is 27.8 Å². The molecule has 0 atom stereocenters. The van der Waals surface area contributed by atoms with E-state index in [-0.39, 0.29) is 34.8 Å². The normalized spacial score (nSPS) is 11.6. The Kier molecular flexibility index (Phi) is 7.19. The van der Waals surface area contributed by atoms with Crippen LogP contribution < -0.4 is 10.3 Å². The second-order valence-electron chi connectivity index (χ2n) is 9.08. The largest absolute Gasteiger partial charge is 0.491 e. The lowest BCUT2D eigenvalue weighted by Gasteiger charge is -2.16. The molecule has 2 aromatic carbocycles. The molecule has 0 amide bonds. The van der Waals surface area contributed by atoms with E-state index in [0.717, 1.165) is 17.4 Å². The van der Waals surface area contributed by atoms with Crippen LogP contribution in [0, 0.1) is 25.2 Å². The van der Waals surface area contributed by atoms with Gasteiger partial charge >= 0.3 is 12.1 Å². The predicted octanol–water partition coefficient (Wildman–Crippen LogP) is 6.61. The number of nitrogens with zero attached hydrogens (tertiary/aromatic N) is 4. The lowest BCUT2D eigenvalue weighted by atomic mass is 10.0. The number of fused-ring (bicyclic) bond motifs is 2. The number of aromatic nitrogens is 3. The minimum absolute atomic E-state index is 0.0199. The maximum atomic E-state index is 13.3. The number of aromatic carboxylic acids is 1. The summed E-state index contributed by atoms with van der Waals surface area (Å²) in [5.41, 5.74) is -0.196. The molecule has 1 N–H and O–H groups in total. The van der Waals surface area contributed by atoms with Gasteiger partial charge in [0.15, 0.2) is 0 Å². The fourth-order valence-corrected chi connectivity index (χ4v) is 5.60. The Balaban J connectivity index is 1.51. The summed E-state index contributed by atoms with van der Waals surface area (Å²) < 4.78 is 47.2. The molecule has 8 nitrogen and oxygen atoms in total. The first-order valence-corrected chi connectivity index (χ1v) is 13.2. The highest BCUT2D eigenvalue weighted by Gasteiger charge is 2.32. The van der Waals surface area contributed by atoms with E-state index in [1.165, 1.54) is 11.5 Å². The molecule has 0 aliphatic carbocycles. The number of hydrogen-bond donors (Lipinski definition) is 1. The Morgan fingerprint density at radius 1 is 1.17 bits per heavy atom. The molecule has 0 fully saturated rings. The van der Waals surface area contributed by atoms with Gasteiger partial charge in [0.2, 0.25) is 0 Å². The maximum Gasteiger partial charge on any atom is 0.416 e. The zero-order chi connectivity index (χ0) is 29.6. The minimum atomic E-state index is -4.70. The number of alkyl halides is 3. The Morgan fingerprint density at radius 3 is 2.61 bits per heavy atom. The van der Waals surface area contributed by atoms with Gasteiger partial charge < -0.3 is 9.84 Å². The summed E-state index contributed by atoms with van der Waals surface area (Å²) in [6, 6.07) is 9.79. The molecule has 0 bridgehead atoms. The summed E-state index contributed by atoms with van der Waals surface area (Å²) >= 11 is 7.35. The predicted molar refractivity (Wildman–Crippen MR) is 148 cm³/mol. The van der Waals surface area contributed by atoms with Crippen molar-refractivity contribution in [2.24, 2.45) is 0 Å². The number of rotatable bonds is 6. The topological polar surface area (TPSA) is 118 Å². The van der Waals surface area contributed by atoms with E-state index < -0.39 is 28.8 Å². The van der Waals surface area contributed by atoms with Crippen LogP contribution in [0.25, 0.3) is 32.9 Å². The standard InChI is InChI=1S/C28H18ClF3N4O4S/c1-13-7-18(20-12-41-25(27(38)39)24(20)34-13)19-10-17(29)3-4-22(19)40-6-5-36-14(2)35-21-9-16(28(30,31)32)8-15(11-33)23(21)26(36)37/h3-4,7-10,12H,5-6H2,1-2H3,(H,38,39). The van der Waals surface area contributed by atoms with Gasteiger partial charge in [-0.3, -0.25) is 14.3 Å². The van der Waals surface area contributed by atoms with E-state index in [0.29, 0.717) is 44.6 Å². The third-order valence-electron chi connectivity index (χ3n) is 6.39. The van der Waals surface area contributed by atoms with E-state index in [1.807, 2.05) is 0 Å². The number of pyridine rings is 1. The van der Waals surface area contributed by atoms with Crippen LogP contribution in [0.3, 0.4) is 0 Å². The quantitative estimate of drug-likeness (QED) is 0.234. The molecule has 0 aliphatic rings. The molecule has 5 aromatic rings. The Bertz CT molecular complexity index is 1980. The lowest BCUT2D eigenvalue weighted by Crippen LogP contribution is -2.27. The average molecular weight is 599 g/mol. The fraction of sp³-hybridized carbons (Fsp3) is 0.179. The van der Waals surface area contributed by atoms with Gasteiger partial charge in [-0.15, -0.1) is 11.3 Å². The molecule has 41 heavy (non-hydrogen) atoms. The SMILES string of the molecule is Cc1cc(-c2cc(Cl)ccc2OCCn2c(C)nc3cc(C(F)(F)F)cc(C#N)c3c2=O)c2csc(C(=O)O)c2n1. The van der Waals surface area contributed by atoms with Crippen molar-refractivity contribution in [3.05, 3.63) is 84.7 Å². The zero-order valence-corrected chi connectivity index (χ0v) is 22.9. The number of hydrogen-bond acceptors (Lipinski definition) is 7. The Morgan fingerprint density at radius 2 is 1.93 bits per heavy atom. The van der Waals surface area contributed by atoms with Crippen LogP contribution >= 0.6 is 22.9 Å². The number of carboxylic acid groups (broad SMARTS) is 1. The molecule has 13 heteroatoms. The van der Waals surface area contributed by atoms with Crippen LogP contribution in [0.15, 0.2) is 46.6 Å². The van der Waals surface area contributed by atoms with E-state index in [9.17, 15) is 33.1 Å². The average Bonchev–Trinajstić information content (AvgIpc) is 3.33. The molecule has 3 aromatic heterocycles. The van der Waals surface area contributed by atoms with E-state index >= 15 is 0 Å². The number of carboxylic acids is 1. The molecule has 208 valence electrons.